The first-order valence-corrected chi connectivity index (χ1v) is 10.7. The summed E-state index contributed by atoms with van der Waals surface area (Å²) in [4.78, 5) is 40.2. The Morgan fingerprint density at radius 3 is 2.61 bits per heavy atom. The van der Waals surface area contributed by atoms with Gasteiger partial charge in [-0.25, -0.2) is 9.97 Å². The second-order valence-electron chi connectivity index (χ2n) is 9.04. The summed E-state index contributed by atoms with van der Waals surface area (Å²) in [6.07, 6.45) is 8.90. The molecule has 0 saturated carbocycles. The molecule has 31 heavy (non-hydrogen) atoms. The van der Waals surface area contributed by atoms with Gasteiger partial charge in [-0.3, -0.25) is 14.3 Å². The van der Waals surface area contributed by atoms with Crippen LogP contribution in [0.5, 0.6) is 0 Å². The average molecular weight is 424 g/mol. The summed E-state index contributed by atoms with van der Waals surface area (Å²) in [5.41, 5.74) is 2.42. The largest absolute Gasteiger partial charge is 0.344 e. The van der Waals surface area contributed by atoms with Crippen LogP contribution in [0.2, 0.25) is 0 Å². The number of aryl methyl sites for hydroxylation is 1. The van der Waals surface area contributed by atoms with Crippen LogP contribution in [0.25, 0.3) is 22.4 Å². The van der Waals surface area contributed by atoms with Crippen LogP contribution in [-0.4, -0.2) is 60.6 Å². The molecule has 0 radical (unpaired) electrons. The van der Waals surface area contributed by atoms with Crippen molar-refractivity contribution < 1.29 is 9.59 Å². The monoisotopic (exact) mass is 423 g/mol. The van der Waals surface area contributed by atoms with Gasteiger partial charge in [-0.2, -0.15) is 5.10 Å². The summed E-state index contributed by atoms with van der Waals surface area (Å²) in [6.45, 7) is 10.1. The first kappa shape index (κ1) is 21.0. The zero-order chi connectivity index (χ0) is 22.2. The predicted octanol–water partition coefficient (Wildman–Crippen LogP) is 2.61. The molecule has 0 spiro atoms. The van der Waals surface area contributed by atoms with E-state index in [1.165, 1.54) is 0 Å². The molecule has 0 aliphatic carbocycles. The van der Waals surface area contributed by atoms with Crippen LogP contribution in [0, 0.1) is 5.41 Å². The van der Waals surface area contributed by atoms with Crippen LogP contribution < -0.4 is 5.32 Å². The summed E-state index contributed by atoms with van der Waals surface area (Å²) in [5.74, 6) is -0.369. The molecule has 1 fully saturated rings. The summed E-state index contributed by atoms with van der Waals surface area (Å²) < 4.78 is 1.81. The minimum absolute atomic E-state index is 0.0306. The SMILES string of the molecule is CCn1cc(-c2cnc3[nH]cc(C(=O)N[C@@H](C(=O)N4CCCC4)C(C)(C)C)c3n2)cn1. The molecule has 4 heterocycles. The van der Waals surface area contributed by atoms with Crippen LogP contribution >= 0.6 is 0 Å². The van der Waals surface area contributed by atoms with Crippen LogP contribution in [-0.2, 0) is 11.3 Å². The number of aromatic nitrogens is 5. The molecule has 4 rings (SSSR count). The van der Waals surface area contributed by atoms with E-state index < -0.39 is 11.5 Å². The number of hydrogen-bond donors (Lipinski definition) is 2. The second kappa shape index (κ2) is 8.13. The lowest BCUT2D eigenvalue weighted by molar-refractivity contribution is -0.134. The number of hydrogen-bond acceptors (Lipinski definition) is 5. The smallest absolute Gasteiger partial charge is 0.255 e. The van der Waals surface area contributed by atoms with Crippen molar-refractivity contribution in [3.05, 3.63) is 30.4 Å². The molecule has 0 aromatic carbocycles. The Balaban J connectivity index is 1.63. The molecule has 1 aliphatic rings. The maximum Gasteiger partial charge on any atom is 0.255 e. The Morgan fingerprint density at radius 2 is 1.97 bits per heavy atom. The fourth-order valence-corrected chi connectivity index (χ4v) is 3.85. The van der Waals surface area contributed by atoms with E-state index in [1.807, 2.05) is 43.5 Å². The maximum absolute atomic E-state index is 13.2. The molecule has 2 amide bonds. The normalized spacial score (nSPS) is 15.4. The number of carbonyl (C=O) groups is 2. The summed E-state index contributed by atoms with van der Waals surface area (Å²) in [5, 5.41) is 7.25. The molecule has 164 valence electrons. The quantitative estimate of drug-likeness (QED) is 0.656. The van der Waals surface area contributed by atoms with Gasteiger partial charge in [0.15, 0.2) is 5.65 Å². The summed E-state index contributed by atoms with van der Waals surface area (Å²) >= 11 is 0. The van der Waals surface area contributed by atoms with Gasteiger partial charge >= 0.3 is 0 Å². The number of carbonyl (C=O) groups excluding carboxylic acids is 2. The molecule has 1 aliphatic heterocycles. The number of aromatic amines is 1. The Kier molecular flexibility index (Phi) is 5.51. The van der Waals surface area contributed by atoms with E-state index >= 15 is 0 Å². The third-order valence-electron chi connectivity index (χ3n) is 5.68. The van der Waals surface area contributed by atoms with Gasteiger partial charge < -0.3 is 15.2 Å². The fraction of sp³-hybridized carbons (Fsp3) is 0.500. The zero-order valence-corrected chi connectivity index (χ0v) is 18.5. The van der Waals surface area contributed by atoms with E-state index in [4.69, 9.17) is 0 Å². The van der Waals surface area contributed by atoms with Crippen molar-refractivity contribution in [2.75, 3.05) is 13.1 Å². The summed E-state index contributed by atoms with van der Waals surface area (Å²) in [6, 6.07) is -0.623. The van der Waals surface area contributed by atoms with Crippen molar-refractivity contribution in [3.63, 3.8) is 0 Å². The molecular formula is C22H29N7O2. The van der Waals surface area contributed by atoms with E-state index in [0.717, 1.165) is 38.0 Å². The average Bonchev–Trinajstić information content (AvgIpc) is 3.50. The van der Waals surface area contributed by atoms with Crippen molar-refractivity contribution in [1.29, 1.82) is 0 Å². The highest BCUT2D eigenvalue weighted by Gasteiger charge is 2.37. The molecule has 1 atom stereocenters. The minimum atomic E-state index is -0.623. The van der Waals surface area contributed by atoms with E-state index in [9.17, 15) is 9.59 Å². The second-order valence-corrected chi connectivity index (χ2v) is 9.04. The topological polar surface area (TPSA) is 109 Å². The third kappa shape index (κ3) is 4.17. The Hall–Kier alpha value is -3.23. The van der Waals surface area contributed by atoms with E-state index in [-0.39, 0.29) is 11.8 Å². The van der Waals surface area contributed by atoms with E-state index in [2.05, 4.69) is 25.4 Å². The Labute approximate surface area is 181 Å². The number of likely N-dealkylation sites (tertiary alicyclic amines) is 1. The van der Waals surface area contributed by atoms with E-state index in [0.29, 0.717) is 22.4 Å². The van der Waals surface area contributed by atoms with Crippen LogP contribution in [0.3, 0.4) is 0 Å². The number of fused-ring (bicyclic) bond motifs is 1. The Bertz CT molecular complexity index is 1100. The standard InChI is InChI=1S/C22H29N7O2/c1-5-29-13-14(10-25-29)16-12-24-19-17(26-16)15(11-23-19)20(30)27-18(22(2,3)4)21(31)28-8-6-7-9-28/h10-13,18H,5-9H2,1-4H3,(H,23,24)(H,27,30)/t18-/m0/s1. The lowest BCUT2D eigenvalue weighted by Gasteiger charge is -2.33. The van der Waals surface area contributed by atoms with E-state index in [1.54, 1.807) is 18.6 Å². The van der Waals surface area contributed by atoms with Gasteiger partial charge in [0, 0.05) is 37.6 Å². The van der Waals surface area contributed by atoms with Gasteiger partial charge in [0.2, 0.25) is 5.91 Å². The van der Waals surface area contributed by atoms with Crippen LogP contribution in [0.4, 0.5) is 0 Å². The highest BCUT2D eigenvalue weighted by molar-refractivity contribution is 6.06. The molecule has 3 aromatic heterocycles. The summed E-state index contributed by atoms with van der Waals surface area (Å²) in [7, 11) is 0. The molecule has 0 bridgehead atoms. The molecule has 2 N–H and O–H groups in total. The Morgan fingerprint density at radius 1 is 1.23 bits per heavy atom. The van der Waals surface area contributed by atoms with Gasteiger partial charge in [0.1, 0.15) is 11.6 Å². The molecule has 9 nitrogen and oxygen atoms in total. The van der Waals surface area contributed by atoms with Gasteiger partial charge in [0.25, 0.3) is 5.91 Å². The number of H-pyrrole nitrogens is 1. The minimum Gasteiger partial charge on any atom is -0.344 e. The highest BCUT2D eigenvalue weighted by Crippen LogP contribution is 2.25. The van der Waals surface area contributed by atoms with Crippen molar-refractivity contribution in [2.24, 2.45) is 5.41 Å². The first-order valence-electron chi connectivity index (χ1n) is 10.7. The van der Waals surface area contributed by atoms with Gasteiger partial charge in [-0.15, -0.1) is 0 Å². The molecule has 1 saturated heterocycles. The molecule has 0 unspecified atom stereocenters. The zero-order valence-electron chi connectivity index (χ0n) is 18.5. The highest BCUT2D eigenvalue weighted by atomic mass is 16.2. The van der Waals surface area contributed by atoms with Crippen LogP contribution in [0.1, 0.15) is 50.9 Å². The number of nitrogens with zero attached hydrogens (tertiary/aromatic N) is 5. The lowest BCUT2D eigenvalue weighted by atomic mass is 9.85. The molecule has 3 aromatic rings. The third-order valence-corrected chi connectivity index (χ3v) is 5.68. The fourth-order valence-electron chi connectivity index (χ4n) is 3.85. The van der Waals surface area contributed by atoms with Crippen LogP contribution in [0.15, 0.2) is 24.8 Å². The molecule has 9 heteroatoms. The van der Waals surface area contributed by atoms with Crippen molar-refractivity contribution >= 4 is 23.0 Å². The maximum atomic E-state index is 13.2. The van der Waals surface area contributed by atoms with Crippen molar-refractivity contribution in [1.82, 2.24) is 34.9 Å². The molecular weight excluding hydrogens is 394 g/mol. The first-order chi connectivity index (χ1) is 14.8. The van der Waals surface area contributed by atoms with Crippen molar-refractivity contribution in [3.8, 4) is 11.3 Å². The number of rotatable bonds is 5. The van der Waals surface area contributed by atoms with Gasteiger partial charge in [0.05, 0.1) is 23.7 Å². The van der Waals surface area contributed by atoms with Gasteiger partial charge in [-0.05, 0) is 25.2 Å². The lowest BCUT2D eigenvalue weighted by Crippen LogP contribution is -2.54. The predicted molar refractivity (Wildman–Crippen MR) is 117 cm³/mol. The van der Waals surface area contributed by atoms with Gasteiger partial charge in [-0.1, -0.05) is 20.8 Å². The number of nitrogens with one attached hydrogen (secondary N) is 2. The van der Waals surface area contributed by atoms with Crippen molar-refractivity contribution in [2.45, 2.75) is 53.1 Å². The number of amides is 2.